The van der Waals surface area contributed by atoms with Crippen LogP contribution < -0.4 is 10.6 Å². The van der Waals surface area contributed by atoms with Crippen LogP contribution in [0.15, 0.2) is 16.9 Å². The summed E-state index contributed by atoms with van der Waals surface area (Å²) < 4.78 is 7.04. The third-order valence-corrected chi connectivity index (χ3v) is 3.04. The topological polar surface area (TPSA) is 85.0 Å². The number of hydrogen-bond acceptors (Lipinski definition) is 4. The normalized spacial score (nSPS) is 10.9. The van der Waals surface area contributed by atoms with Gasteiger partial charge in [-0.15, -0.1) is 0 Å². The van der Waals surface area contributed by atoms with E-state index in [0.717, 1.165) is 12.4 Å². The summed E-state index contributed by atoms with van der Waals surface area (Å²) >= 11 is 0. The zero-order chi connectivity index (χ0) is 15.4. The Kier molecular flexibility index (Phi) is 4.62. The second-order valence-electron chi connectivity index (χ2n) is 5.40. The third kappa shape index (κ3) is 3.84. The minimum Gasteiger partial charge on any atom is -0.359 e. The van der Waals surface area contributed by atoms with Gasteiger partial charge in [0.2, 0.25) is 0 Å². The van der Waals surface area contributed by atoms with Crippen molar-refractivity contribution in [3.63, 3.8) is 0 Å². The molecule has 0 aromatic carbocycles. The van der Waals surface area contributed by atoms with Gasteiger partial charge in [0, 0.05) is 18.9 Å². The van der Waals surface area contributed by atoms with Crippen molar-refractivity contribution < 1.29 is 9.32 Å². The Morgan fingerprint density at radius 2 is 2.19 bits per heavy atom. The smallest absolute Gasteiger partial charge is 0.319 e. The van der Waals surface area contributed by atoms with Crippen molar-refractivity contribution in [2.45, 2.75) is 40.8 Å². The number of nitrogens with one attached hydrogen (secondary N) is 2. The van der Waals surface area contributed by atoms with E-state index in [2.05, 4.69) is 34.6 Å². The first-order valence-corrected chi connectivity index (χ1v) is 6.95. The predicted octanol–water partition coefficient (Wildman–Crippen LogP) is 2.47. The predicted molar refractivity (Wildman–Crippen MR) is 78.9 cm³/mol. The molecule has 2 rings (SSSR count). The molecule has 0 radical (unpaired) electrons. The zero-order valence-corrected chi connectivity index (χ0v) is 12.8. The lowest BCUT2D eigenvalue weighted by Gasteiger charge is -2.11. The van der Waals surface area contributed by atoms with Gasteiger partial charge in [0.1, 0.15) is 17.2 Å². The Bertz CT molecular complexity index is 595. The Balaban J connectivity index is 1.91. The van der Waals surface area contributed by atoms with E-state index in [1.54, 1.807) is 20.0 Å². The van der Waals surface area contributed by atoms with Crippen molar-refractivity contribution >= 4 is 11.7 Å². The third-order valence-electron chi connectivity index (χ3n) is 3.04. The fraction of sp³-hybridized carbons (Fsp3) is 0.500. The van der Waals surface area contributed by atoms with Crippen molar-refractivity contribution in [1.82, 2.24) is 20.0 Å². The first kappa shape index (κ1) is 15.1. The molecule has 0 bridgehead atoms. The molecule has 0 saturated carbocycles. The van der Waals surface area contributed by atoms with Crippen LogP contribution in [0.3, 0.4) is 0 Å². The van der Waals surface area contributed by atoms with Crippen LogP contribution in [-0.4, -0.2) is 20.7 Å². The monoisotopic (exact) mass is 291 g/mol. The minimum absolute atomic E-state index is 0.302. The SMILES string of the molecule is Cc1noc(C)c1NC(=O)NCc1nccn1CC(C)C. The molecule has 7 heteroatoms. The summed E-state index contributed by atoms with van der Waals surface area (Å²) in [6.45, 7) is 9.06. The number of hydrogen-bond donors (Lipinski definition) is 2. The number of aryl methyl sites for hydroxylation is 2. The highest BCUT2D eigenvalue weighted by Gasteiger charge is 2.12. The lowest BCUT2D eigenvalue weighted by molar-refractivity contribution is 0.251. The van der Waals surface area contributed by atoms with E-state index >= 15 is 0 Å². The lowest BCUT2D eigenvalue weighted by Crippen LogP contribution is -2.30. The van der Waals surface area contributed by atoms with E-state index in [9.17, 15) is 4.79 Å². The van der Waals surface area contributed by atoms with E-state index in [0.29, 0.717) is 29.6 Å². The summed E-state index contributed by atoms with van der Waals surface area (Å²) in [6.07, 6.45) is 3.66. The van der Waals surface area contributed by atoms with Gasteiger partial charge in [0.25, 0.3) is 0 Å². The van der Waals surface area contributed by atoms with E-state index in [1.165, 1.54) is 0 Å². The molecule has 2 aromatic heterocycles. The molecule has 114 valence electrons. The Morgan fingerprint density at radius 3 is 2.81 bits per heavy atom. The lowest BCUT2D eigenvalue weighted by atomic mass is 10.2. The van der Waals surface area contributed by atoms with E-state index in [1.807, 2.05) is 10.8 Å². The number of rotatable bonds is 5. The van der Waals surface area contributed by atoms with E-state index in [-0.39, 0.29) is 6.03 Å². The Hall–Kier alpha value is -2.31. The highest BCUT2D eigenvalue weighted by atomic mass is 16.5. The fourth-order valence-electron chi connectivity index (χ4n) is 2.05. The molecule has 2 N–H and O–H groups in total. The maximum atomic E-state index is 11.9. The van der Waals surface area contributed by atoms with E-state index in [4.69, 9.17) is 4.52 Å². The van der Waals surface area contributed by atoms with Gasteiger partial charge < -0.3 is 19.7 Å². The molecule has 0 spiro atoms. The zero-order valence-electron chi connectivity index (χ0n) is 12.8. The quantitative estimate of drug-likeness (QED) is 0.886. The molecule has 0 fully saturated rings. The Labute approximate surface area is 123 Å². The van der Waals surface area contributed by atoms with Crippen molar-refractivity contribution in [2.75, 3.05) is 5.32 Å². The number of aromatic nitrogens is 3. The molecular formula is C14H21N5O2. The number of amides is 2. The number of anilines is 1. The molecular weight excluding hydrogens is 270 g/mol. The van der Waals surface area contributed by atoms with Crippen LogP contribution in [0.2, 0.25) is 0 Å². The van der Waals surface area contributed by atoms with Gasteiger partial charge in [-0.2, -0.15) is 0 Å². The van der Waals surface area contributed by atoms with Crippen LogP contribution in [0, 0.1) is 19.8 Å². The van der Waals surface area contributed by atoms with Crippen LogP contribution in [0.1, 0.15) is 31.1 Å². The van der Waals surface area contributed by atoms with Crippen molar-refractivity contribution in [3.05, 3.63) is 29.7 Å². The number of urea groups is 1. The molecule has 2 amide bonds. The molecule has 2 heterocycles. The van der Waals surface area contributed by atoms with Crippen molar-refractivity contribution in [2.24, 2.45) is 5.92 Å². The van der Waals surface area contributed by atoms with Gasteiger partial charge in [0.15, 0.2) is 5.76 Å². The largest absolute Gasteiger partial charge is 0.359 e. The highest BCUT2D eigenvalue weighted by molar-refractivity contribution is 5.90. The van der Waals surface area contributed by atoms with Crippen molar-refractivity contribution in [1.29, 1.82) is 0 Å². The summed E-state index contributed by atoms with van der Waals surface area (Å²) in [5.74, 6) is 1.94. The molecule has 7 nitrogen and oxygen atoms in total. The second kappa shape index (κ2) is 6.43. The average Bonchev–Trinajstić information content (AvgIpc) is 2.97. The molecule has 21 heavy (non-hydrogen) atoms. The summed E-state index contributed by atoms with van der Waals surface area (Å²) in [5, 5.41) is 9.32. The van der Waals surface area contributed by atoms with E-state index < -0.39 is 0 Å². The second-order valence-corrected chi connectivity index (χ2v) is 5.40. The van der Waals surface area contributed by atoms with Crippen LogP contribution in [0.4, 0.5) is 10.5 Å². The maximum Gasteiger partial charge on any atom is 0.319 e. The van der Waals surface area contributed by atoms with Gasteiger partial charge in [-0.3, -0.25) is 0 Å². The summed E-state index contributed by atoms with van der Waals surface area (Å²) in [6, 6.07) is -0.302. The molecule has 0 atom stereocenters. The molecule has 0 aliphatic heterocycles. The van der Waals surface area contributed by atoms with Crippen LogP contribution in [0.25, 0.3) is 0 Å². The Morgan fingerprint density at radius 1 is 1.43 bits per heavy atom. The average molecular weight is 291 g/mol. The molecule has 0 aliphatic rings. The standard InChI is InChI=1S/C14H21N5O2/c1-9(2)8-19-6-5-15-12(19)7-16-14(20)17-13-10(3)18-21-11(13)4/h5-6,9H,7-8H2,1-4H3,(H2,16,17,20). The van der Waals surface area contributed by atoms with Gasteiger partial charge in [-0.25, -0.2) is 9.78 Å². The van der Waals surface area contributed by atoms with Crippen LogP contribution in [-0.2, 0) is 13.1 Å². The summed E-state index contributed by atoms with van der Waals surface area (Å²) in [4.78, 5) is 16.2. The first-order valence-electron chi connectivity index (χ1n) is 6.95. The van der Waals surface area contributed by atoms with Gasteiger partial charge >= 0.3 is 6.03 Å². The first-order chi connectivity index (χ1) is 9.97. The van der Waals surface area contributed by atoms with Crippen molar-refractivity contribution in [3.8, 4) is 0 Å². The van der Waals surface area contributed by atoms with Gasteiger partial charge in [0.05, 0.1) is 6.54 Å². The fourth-order valence-corrected chi connectivity index (χ4v) is 2.05. The molecule has 0 saturated heterocycles. The van der Waals surface area contributed by atoms with Crippen LogP contribution >= 0.6 is 0 Å². The number of nitrogens with zero attached hydrogens (tertiary/aromatic N) is 3. The number of imidazole rings is 1. The van der Waals surface area contributed by atoms with Gasteiger partial charge in [-0.1, -0.05) is 19.0 Å². The summed E-state index contributed by atoms with van der Waals surface area (Å²) in [5.41, 5.74) is 1.27. The number of carbonyl (C=O) groups is 1. The molecule has 2 aromatic rings. The minimum atomic E-state index is -0.302. The highest BCUT2D eigenvalue weighted by Crippen LogP contribution is 2.18. The maximum absolute atomic E-state index is 11.9. The molecule has 0 aliphatic carbocycles. The van der Waals surface area contributed by atoms with Gasteiger partial charge in [-0.05, 0) is 19.8 Å². The van der Waals surface area contributed by atoms with Crippen LogP contribution in [0.5, 0.6) is 0 Å². The molecule has 0 unspecified atom stereocenters. The number of carbonyl (C=O) groups excluding carboxylic acids is 1. The summed E-state index contributed by atoms with van der Waals surface area (Å²) in [7, 11) is 0.